The number of hydrogen-bond acceptors (Lipinski definition) is 1. The first kappa shape index (κ1) is 12.6. The molecule has 16 heavy (non-hydrogen) atoms. The van der Waals surface area contributed by atoms with E-state index in [9.17, 15) is 0 Å². The van der Waals surface area contributed by atoms with E-state index in [1.54, 1.807) is 0 Å². The van der Waals surface area contributed by atoms with Gasteiger partial charge in [0.05, 0.1) is 5.70 Å². The summed E-state index contributed by atoms with van der Waals surface area (Å²) in [6.07, 6.45) is 14.6. The van der Waals surface area contributed by atoms with Crippen molar-refractivity contribution in [3.05, 3.63) is 55.1 Å². The third-order valence-electron chi connectivity index (χ3n) is 2.93. The minimum atomic E-state index is 0.713. The maximum atomic E-state index is 3.79. The lowest BCUT2D eigenvalue weighted by molar-refractivity contribution is 0.515. The van der Waals surface area contributed by atoms with E-state index >= 15 is 0 Å². The molecule has 0 bridgehead atoms. The molecule has 0 heterocycles. The Morgan fingerprint density at radius 3 is 2.94 bits per heavy atom. The first-order valence-corrected chi connectivity index (χ1v) is 5.85. The van der Waals surface area contributed by atoms with Gasteiger partial charge < -0.3 is 4.90 Å². The lowest BCUT2D eigenvalue weighted by Crippen LogP contribution is -2.13. The topological polar surface area (TPSA) is 3.24 Å². The lowest BCUT2D eigenvalue weighted by atomic mass is 9.94. The molecule has 0 fully saturated rings. The van der Waals surface area contributed by atoms with Crippen molar-refractivity contribution < 1.29 is 0 Å². The number of rotatable bonds is 5. The van der Waals surface area contributed by atoms with Crippen LogP contribution in [0.1, 0.15) is 26.2 Å². The van der Waals surface area contributed by atoms with Crippen molar-refractivity contribution in [2.45, 2.75) is 26.2 Å². The van der Waals surface area contributed by atoms with Gasteiger partial charge >= 0.3 is 0 Å². The van der Waals surface area contributed by atoms with Crippen LogP contribution in [0.5, 0.6) is 0 Å². The molecule has 0 saturated heterocycles. The van der Waals surface area contributed by atoms with Crippen molar-refractivity contribution in [2.75, 3.05) is 6.54 Å². The molecule has 0 spiro atoms. The predicted molar refractivity (Wildman–Crippen MR) is 70.9 cm³/mol. The Bertz CT molecular complexity index is 329. The van der Waals surface area contributed by atoms with Crippen molar-refractivity contribution in [1.82, 2.24) is 4.90 Å². The third-order valence-corrected chi connectivity index (χ3v) is 2.93. The van der Waals surface area contributed by atoms with Crippen LogP contribution in [0.25, 0.3) is 0 Å². The number of hydrogen-bond donors (Lipinski definition) is 0. The molecule has 1 aliphatic carbocycles. The zero-order chi connectivity index (χ0) is 11.8. The summed E-state index contributed by atoms with van der Waals surface area (Å²) in [5.74, 6) is 0.713. The van der Waals surface area contributed by atoms with E-state index in [0.29, 0.717) is 5.92 Å². The molecule has 1 aliphatic rings. The third kappa shape index (κ3) is 3.96. The van der Waals surface area contributed by atoms with Crippen molar-refractivity contribution in [2.24, 2.45) is 5.92 Å². The van der Waals surface area contributed by atoms with Crippen LogP contribution in [0, 0.1) is 5.92 Å². The zero-order valence-electron chi connectivity index (χ0n) is 10.2. The molecule has 0 N–H and O–H groups in total. The standard InChI is InChI=1S/C15H21N/c1-4-14(3)16(5-2)13-9-12-15-10-7-6-8-11-15/h5-7,9,12,15H,1-2,8,10-11,13H2,3H3/b12-9+. The minimum Gasteiger partial charge on any atom is -0.342 e. The first-order valence-electron chi connectivity index (χ1n) is 5.85. The fraction of sp³-hybridized carbons (Fsp3) is 0.400. The Kier molecular flexibility index (Phi) is 5.45. The van der Waals surface area contributed by atoms with Crippen LogP contribution in [-0.4, -0.2) is 11.4 Å². The summed E-state index contributed by atoms with van der Waals surface area (Å²) >= 11 is 0. The molecule has 1 unspecified atom stereocenters. The first-order chi connectivity index (χ1) is 7.77. The molecule has 0 aromatic carbocycles. The second-order valence-electron chi connectivity index (χ2n) is 4.07. The van der Waals surface area contributed by atoms with E-state index in [-0.39, 0.29) is 0 Å². The largest absolute Gasteiger partial charge is 0.342 e. The van der Waals surface area contributed by atoms with Crippen molar-refractivity contribution in [3.63, 3.8) is 0 Å². The quantitative estimate of drug-likeness (QED) is 0.494. The fourth-order valence-corrected chi connectivity index (χ4v) is 1.81. The molecular weight excluding hydrogens is 194 g/mol. The Morgan fingerprint density at radius 2 is 2.38 bits per heavy atom. The van der Waals surface area contributed by atoms with Gasteiger partial charge in [0, 0.05) is 6.54 Å². The Hall–Kier alpha value is -1.46. The Balaban J connectivity index is 2.42. The van der Waals surface area contributed by atoms with E-state index in [2.05, 4.69) is 43.2 Å². The predicted octanol–water partition coefficient (Wildman–Crippen LogP) is 4.03. The summed E-state index contributed by atoms with van der Waals surface area (Å²) in [6, 6.07) is 0. The molecule has 0 saturated carbocycles. The van der Waals surface area contributed by atoms with Gasteiger partial charge in [-0.15, -0.1) is 5.73 Å². The molecule has 0 aromatic rings. The van der Waals surface area contributed by atoms with Gasteiger partial charge in [0.25, 0.3) is 0 Å². The van der Waals surface area contributed by atoms with Crippen molar-refractivity contribution in [1.29, 1.82) is 0 Å². The second-order valence-corrected chi connectivity index (χ2v) is 4.07. The summed E-state index contributed by atoms with van der Waals surface area (Å²) in [5.41, 5.74) is 3.90. The van der Waals surface area contributed by atoms with Gasteiger partial charge in [-0.2, -0.15) is 0 Å². The summed E-state index contributed by atoms with van der Waals surface area (Å²) in [6.45, 7) is 10.3. The summed E-state index contributed by atoms with van der Waals surface area (Å²) < 4.78 is 0. The van der Waals surface area contributed by atoms with Gasteiger partial charge in [0.15, 0.2) is 0 Å². The van der Waals surface area contributed by atoms with Crippen molar-refractivity contribution >= 4 is 0 Å². The highest BCUT2D eigenvalue weighted by molar-refractivity contribution is 5.04. The molecule has 1 nitrogen and oxygen atoms in total. The molecular formula is C15H21N. The maximum absolute atomic E-state index is 3.79. The molecule has 0 amide bonds. The highest BCUT2D eigenvalue weighted by Crippen LogP contribution is 2.19. The Labute approximate surface area is 99.2 Å². The number of allylic oxidation sites excluding steroid dienone is 4. The van der Waals surface area contributed by atoms with Crippen LogP contribution in [0.2, 0.25) is 0 Å². The highest BCUT2D eigenvalue weighted by atomic mass is 15.1. The SMILES string of the molecule is C=C=C(C)N(C=C)C/C=C/C1CC=CCC1. The van der Waals surface area contributed by atoms with E-state index in [4.69, 9.17) is 0 Å². The van der Waals surface area contributed by atoms with Gasteiger partial charge in [0.1, 0.15) is 0 Å². The molecule has 1 rings (SSSR count). The second kappa shape index (κ2) is 6.92. The molecule has 1 heteroatoms. The Morgan fingerprint density at radius 1 is 1.56 bits per heavy atom. The van der Waals surface area contributed by atoms with Crippen LogP contribution in [0.4, 0.5) is 0 Å². The van der Waals surface area contributed by atoms with E-state index < -0.39 is 0 Å². The van der Waals surface area contributed by atoms with Gasteiger partial charge in [-0.3, -0.25) is 0 Å². The van der Waals surface area contributed by atoms with Gasteiger partial charge in [-0.1, -0.05) is 37.5 Å². The van der Waals surface area contributed by atoms with Crippen LogP contribution < -0.4 is 0 Å². The summed E-state index contributed by atoms with van der Waals surface area (Å²) in [5, 5.41) is 0. The summed E-state index contributed by atoms with van der Waals surface area (Å²) in [4.78, 5) is 2.04. The van der Waals surface area contributed by atoms with E-state index in [1.807, 2.05) is 18.0 Å². The van der Waals surface area contributed by atoms with E-state index in [1.165, 1.54) is 19.3 Å². The van der Waals surface area contributed by atoms with Gasteiger partial charge in [-0.05, 0) is 38.3 Å². The monoisotopic (exact) mass is 215 g/mol. The summed E-state index contributed by atoms with van der Waals surface area (Å²) in [7, 11) is 0. The van der Waals surface area contributed by atoms with Crippen LogP contribution in [0.15, 0.2) is 55.1 Å². The van der Waals surface area contributed by atoms with Gasteiger partial charge in [0.2, 0.25) is 0 Å². The average Bonchev–Trinajstić information content (AvgIpc) is 2.35. The number of nitrogens with zero attached hydrogens (tertiary/aromatic N) is 1. The fourth-order valence-electron chi connectivity index (χ4n) is 1.81. The van der Waals surface area contributed by atoms with Crippen LogP contribution >= 0.6 is 0 Å². The highest BCUT2D eigenvalue weighted by Gasteiger charge is 2.05. The zero-order valence-corrected chi connectivity index (χ0v) is 10.2. The van der Waals surface area contributed by atoms with E-state index in [0.717, 1.165) is 12.2 Å². The molecule has 1 atom stereocenters. The van der Waals surface area contributed by atoms with Crippen LogP contribution in [-0.2, 0) is 0 Å². The smallest absolute Gasteiger partial charge is 0.0568 e. The molecule has 86 valence electrons. The molecule has 0 aliphatic heterocycles. The van der Waals surface area contributed by atoms with Crippen molar-refractivity contribution in [3.8, 4) is 0 Å². The van der Waals surface area contributed by atoms with Gasteiger partial charge in [-0.25, -0.2) is 0 Å². The normalized spacial score (nSPS) is 19.4. The maximum Gasteiger partial charge on any atom is 0.0568 e. The minimum absolute atomic E-state index is 0.713. The average molecular weight is 215 g/mol. The van der Waals surface area contributed by atoms with Crippen LogP contribution in [0.3, 0.4) is 0 Å². The molecule has 0 aromatic heterocycles. The lowest BCUT2D eigenvalue weighted by Gasteiger charge is -2.18. The molecule has 0 radical (unpaired) electrons.